The summed E-state index contributed by atoms with van der Waals surface area (Å²) in [7, 11) is 0. The van der Waals surface area contributed by atoms with Gasteiger partial charge in [-0.3, -0.25) is 0 Å². The van der Waals surface area contributed by atoms with E-state index < -0.39 is 0 Å². The van der Waals surface area contributed by atoms with Gasteiger partial charge in [0.2, 0.25) is 0 Å². The van der Waals surface area contributed by atoms with Gasteiger partial charge in [-0.15, -0.1) is 0 Å². The summed E-state index contributed by atoms with van der Waals surface area (Å²) >= 11 is 0. The molecular weight excluding hydrogens is 204 g/mol. The van der Waals surface area contributed by atoms with Gasteiger partial charge in [0.15, 0.2) is 0 Å². The first-order chi connectivity index (χ1) is 8.42. The highest BCUT2D eigenvalue weighted by Crippen LogP contribution is 2.38. The fourth-order valence-electron chi connectivity index (χ4n) is 3.34. The summed E-state index contributed by atoms with van der Waals surface area (Å²) in [4.78, 5) is 0. The molecule has 1 unspecified atom stereocenters. The molecule has 0 radical (unpaired) electrons. The minimum absolute atomic E-state index is 0.830. The fraction of sp³-hybridized carbons (Fsp3) is 0.647. The van der Waals surface area contributed by atoms with Crippen molar-refractivity contribution in [2.24, 2.45) is 5.92 Å². The monoisotopic (exact) mass is 230 g/mol. The highest BCUT2D eigenvalue weighted by Gasteiger charge is 2.24. The number of unbranched alkanes of at least 4 members (excludes halogenated alkanes) is 1. The van der Waals surface area contributed by atoms with Gasteiger partial charge >= 0.3 is 0 Å². The van der Waals surface area contributed by atoms with Crippen LogP contribution in [0.1, 0.15) is 69.8 Å². The molecule has 1 aromatic carbocycles. The van der Waals surface area contributed by atoms with Crippen molar-refractivity contribution < 1.29 is 0 Å². The Morgan fingerprint density at radius 1 is 1.06 bits per heavy atom. The fourth-order valence-corrected chi connectivity index (χ4v) is 3.34. The van der Waals surface area contributed by atoms with Crippen molar-refractivity contribution in [1.29, 1.82) is 0 Å². The molecule has 1 aliphatic rings. The van der Waals surface area contributed by atoms with E-state index in [4.69, 9.17) is 0 Å². The zero-order chi connectivity index (χ0) is 11.9. The third-order valence-electron chi connectivity index (χ3n) is 4.32. The van der Waals surface area contributed by atoms with E-state index in [1.54, 1.807) is 5.56 Å². The second-order valence-electron chi connectivity index (χ2n) is 5.56. The minimum Gasteiger partial charge on any atom is -0.0654 e. The van der Waals surface area contributed by atoms with Crippen molar-refractivity contribution in [3.05, 3.63) is 35.9 Å². The highest BCUT2D eigenvalue weighted by atomic mass is 14.3. The molecule has 1 aliphatic carbocycles. The molecule has 0 heterocycles. The largest absolute Gasteiger partial charge is 0.0654 e. The Morgan fingerprint density at radius 2 is 1.76 bits per heavy atom. The van der Waals surface area contributed by atoms with E-state index in [-0.39, 0.29) is 0 Å². The molecule has 1 fully saturated rings. The third-order valence-corrected chi connectivity index (χ3v) is 4.32. The van der Waals surface area contributed by atoms with Crippen LogP contribution in [0.4, 0.5) is 0 Å². The second kappa shape index (κ2) is 6.83. The van der Waals surface area contributed by atoms with Crippen molar-refractivity contribution >= 4 is 0 Å². The average molecular weight is 230 g/mol. The van der Waals surface area contributed by atoms with Gasteiger partial charge in [0.1, 0.15) is 0 Å². The molecule has 0 N–H and O–H groups in total. The van der Waals surface area contributed by atoms with E-state index in [1.807, 2.05) is 0 Å². The maximum absolute atomic E-state index is 2.34. The Hall–Kier alpha value is -0.780. The van der Waals surface area contributed by atoms with E-state index in [9.17, 15) is 0 Å². The molecule has 0 bridgehead atoms. The molecule has 0 spiro atoms. The highest BCUT2D eigenvalue weighted by molar-refractivity contribution is 5.20. The molecule has 94 valence electrons. The molecule has 0 amide bonds. The lowest BCUT2D eigenvalue weighted by atomic mass is 9.75. The lowest BCUT2D eigenvalue weighted by molar-refractivity contribution is 0.290. The second-order valence-corrected chi connectivity index (χ2v) is 5.56. The molecule has 0 heteroatoms. The summed E-state index contributed by atoms with van der Waals surface area (Å²) in [6.07, 6.45) is 11.4. The minimum atomic E-state index is 0.830. The Kier molecular flexibility index (Phi) is 5.09. The summed E-state index contributed by atoms with van der Waals surface area (Å²) in [6.45, 7) is 2.31. The van der Waals surface area contributed by atoms with Gasteiger partial charge in [0.05, 0.1) is 0 Å². The maximum Gasteiger partial charge on any atom is -0.0134 e. The van der Waals surface area contributed by atoms with Gasteiger partial charge in [0, 0.05) is 0 Å². The normalized spacial score (nSPS) is 19.1. The van der Waals surface area contributed by atoms with Crippen LogP contribution in [0.2, 0.25) is 0 Å². The number of rotatable bonds is 5. The first kappa shape index (κ1) is 12.7. The van der Waals surface area contributed by atoms with Gasteiger partial charge < -0.3 is 0 Å². The first-order valence-electron chi connectivity index (χ1n) is 7.46. The van der Waals surface area contributed by atoms with Crippen LogP contribution in [-0.2, 0) is 0 Å². The first-order valence-corrected chi connectivity index (χ1v) is 7.46. The van der Waals surface area contributed by atoms with Gasteiger partial charge in [-0.2, -0.15) is 0 Å². The Balaban J connectivity index is 2.06. The Morgan fingerprint density at radius 3 is 2.41 bits per heavy atom. The maximum atomic E-state index is 2.34. The smallest absolute Gasteiger partial charge is 0.0134 e. The molecule has 1 aromatic rings. The van der Waals surface area contributed by atoms with Crippen molar-refractivity contribution in [1.82, 2.24) is 0 Å². The molecule has 0 nitrogen and oxygen atoms in total. The number of hydrogen-bond acceptors (Lipinski definition) is 0. The standard InChI is InChI=1S/C17H26/c1-2-3-14-17(15-10-6-4-7-11-15)16-12-8-5-9-13-16/h4,6-7,10-11,16-17H,2-3,5,8-9,12-14H2,1H3. The zero-order valence-electron chi connectivity index (χ0n) is 11.2. The lowest BCUT2D eigenvalue weighted by Crippen LogP contribution is -2.16. The summed E-state index contributed by atoms with van der Waals surface area (Å²) in [6, 6.07) is 11.2. The molecule has 1 atom stereocenters. The predicted octanol–water partition coefficient (Wildman–Crippen LogP) is 5.54. The number of hydrogen-bond donors (Lipinski definition) is 0. The zero-order valence-corrected chi connectivity index (χ0v) is 11.2. The van der Waals surface area contributed by atoms with Gasteiger partial charge in [-0.05, 0) is 36.7 Å². The predicted molar refractivity (Wildman–Crippen MR) is 75.3 cm³/mol. The number of benzene rings is 1. The van der Waals surface area contributed by atoms with Crippen molar-refractivity contribution in [3.63, 3.8) is 0 Å². The van der Waals surface area contributed by atoms with E-state index in [0.29, 0.717) is 0 Å². The van der Waals surface area contributed by atoms with Crippen molar-refractivity contribution in [2.75, 3.05) is 0 Å². The van der Waals surface area contributed by atoms with Crippen LogP contribution in [0.25, 0.3) is 0 Å². The summed E-state index contributed by atoms with van der Waals surface area (Å²) in [5.41, 5.74) is 1.59. The van der Waals surface area contributed by atoms with E-state index in [0.717, 1.165) is 11.8 Å². The molecule has 0 aliphatic heterocycles. The molecule has 17 heavy (non-hydrogen) atoms. The Bertz CT molecular complexity index is 295. The lowest BCUT2D eigenvalue weighted by Gasteiger charge is -2.30. The Labute approximate surface area is 106 Å². The molecule has 0 saturated heterocycles. The quantitative estimate of drug-likeness (QED) is 0.623. The average Bonchev–Trinajstić information content (AvgIpc) is 2.42. The van der Waals surface area contributed by atoms with E-state index in [1.165, 1.54) is 51.4 Å². The SMILES string of the molecule is CCCCC(c1ccccc1)C1CCCCC1. The molecular formula is C17H26. The van der Waals surface area contributed by atoms with E-state index >= 15 is 0 Å². The summed E-state index contributed by atoms with van der Waals surface area (Å²) < 4.78 is 0. The third kappa shape index (κ3) is 3.59. The van der Waals surface area contributed by atoms with E-state index in [2.05, 4.69) is 37.3 Å². The molecule has 1 saturated carbocycles. The summed E-state index contributed by atoms with van der Waals surface area (Å²) in [5.74, 6) is 1.79. The van der Waals surface area contributed by atoms with Crippen LogP contribution in [0.3, 0.4) is 0 Å². The van der Waals surface area contributed by atoms with Crippen LogP contribution in [0, 0.1) is 5.92 Å². The molecule has 0 aromatic heterocycles. The van der Waals surface area contributed by atoms with Crippen LogP contribution in [0.15, 0.2) is 30.3 Å². The molecule has 2 rings (SSSR count). The summed E-state index contributed by atoms with van der Waals surface area (Å²) in [5, 5.41) is 0. The topological polar surface area (TPSA) is 0 Å². The van der Waals surface area contributed by atoms with Crippen LogP contribution >= 0.6 is 0 Å². The van der Waals surface area contributed by atoms with Crippen LogP contribution in [-0.4, -0.2) is 0 Å². The van der Waals surface area contributed by atoms with Gasteiger partial charge in [-0.25, -0.2) is 0 Å². The van der Waals surface area contributed by atoms with Crippen molar-refractivity contribution in [2.45, 2.75) is 64.2 Å². The van der Waals surface area contributed by atoms with Crippen molar-refractivity contribution in [3.8, 4) is 0 Å². The van der Waals surface area contributed by atoms with Crippen LogP contribution in [0.5, 0.6) is 0 Å². The van der Waals surface area contributed by atoms with Gasteiger partial charge in [-0.1, -0.05) is 69.4 Å². The van der Waals surface area contributed by atoms with Crippen LogP contribution < -0.4 is 0 Å². The van der Waals surface area contributed by atoms with Gasteiger partial charge in [0.25, 0.3) is 0 Å².